The zero-order valence-corrected chi connectivity index (χ0v) is 12.8. The quantitative estimate of drug-likeness (QED) is 0.491. The van der Waals surface area contributed by atoms with Gasteiger partial charge in [-0.15, -0.1) is 10.2 Å². The maximum Gasteiger partial charge on any atom is 0.277 e. The van der Waals surface area contributed by atoms with E-state index in [1.54, 1.807) is 37.2 Å². The number of hydrogen-bond acceptors (Lipinski definition) is 11. The van der Waals surface area contributed by atoms with E-state index in [0.717, 1.165) is 0 Å². The summed E-state index contributed by atoms with van der Waals surface area (Å²) in [6, 6.07) is 0. The Balaban J connectivity index is 1.43. The van der Waals surface area contributed by atoms with Crippen LogP contribution in [0.3, 0.4) is 0 Å². The lowest BCUT2D eigenvalue weighted by Crippen LogP contribution is -1.87. The van der Waals surface area contributed by atoms with Crippen LogP contribution in [0.5, 0.6) is 0 Å². The third kappa shape index (κ3) is 3.10. The van der Waals surface area contributed by atoms with E-state index in [-0.39, 0.29) is 0 Å². The molecule has 0 fully saturated rings. The largest absolute Gasteiger partial charge is 0.410 e. The van der Waals surface area contributed by atoms with Gasteiger partial charge in [0, 0.05) is 24.8 Å². The molecule has 4 rings (SSSR count). The summed E-state index contributed by atoms with van der Waals surface area (Å²) in [7, 11) is 0. The van der Waals surface area contributed by atoms with Crippen molar-refractivity contribution in [2.75, 3.05) is 0 Å². The minimum absolute atomic E-state index is 0.302. The Morgan fingerprint density at radius 2 is 1.71 bits per heavy atom. The van der Waals surface area contributed by atoms with E-state index in [1.165, 1.54) is 11.8 Å². The Hall–Kier alpha value is -3.21. The Morgan fingerprint density at radius 3 is 2.46 bits per heavy atom. The van der Waals surface area contributed by atoms with Crippen LogP contribution in [0.2, 0.25) is 0 Å². The van der Waals surface area contributed by atoms with Crippen molar-refractivity contribution in [2.24, 2.45) is 0 Å². The fourth-order valence-corrected chi connectivity index (χ4v) is 2.34. The van der Waals surface area contributed by atoms with Crippen LogP contribution in [0.25, 0.3) is 23.1 Å². The highest BCUT2D eigenvalue weighted by Crippen LogP contribution is 2.24. The van der Waals surface area contributed by atoms with E-state index in [1.807, 2.05) is 0 Å². The van der Waals surface area contributed by atoms with Gasteiger partial charge in [-0.2, -0.15) is 4.98 Å². The summed E-state index contributed by atoms with van der Waals surface area (Å²) >= 11 is 1.28. The molecule has 0 atom stereocenters. The minimum atomic E-state index is 0.302. The zero-order valence-electron chi connectivity index (χ0n) is 12.0. The van der Waals surface area contributed by atoms with E-state index in [4.69, 9.17) is 8.94 Å². The molecular weight excluding hydrogens is 332 g/mol. The van der Waals surface area contributed by atoms with Crippen LogP contribution in [-0.4, -0.2) is 40.3 Å². The Labute approximate surface area is 138 Å². The Kier molecular flexibility index (Phi) is 3.90. The Bertz CT molecular complexity index is 850. The van der Waals surface area contributed by atoms with Gasteiger partial charge in [-0.3, -0.25) is 9.97 Å². The molecule has 0 spiro atoms. The van der Waals surface area contributed by atoms with Gasteiger partial charge in [-0.1, -0.05) is 16.9 Å². The fraction of sp³-hybridized carbons (Fsp3) is 0.0769. The topological polar surface area (TPSA) is 129 Å². The van der Waals surface area contributed by atoms with Gasteiger partial charge in [0.1, 0.15) is 11.4 Å². The second kappa shape index (κ2) is 6.50. The zero-order chi connectivity index (χ0) is 16.2. The van der Waals surface area contributed by atoms with Gasteiger partial charge in [0.2, 0.25) is 11.7 Å². The van der Waals surface area contributed by atoms with Gasteiger partial charge < -0.3 is 8.94 Å². The summed E-state index contributed by atoms with van der Waals surface area (Å²) in [5.41, 5.74) is 1.06. The summed E-state index contributed by atoms with van der Waals surface area (Å²) in [4.78, 5) is 20.4. The molecule has 118 valence electrons. The summed E-state index contributed by atoms with van der Waals surface area (Å²) in [6.07, 6.45) is 9.37. The molecule has 4 aromatic rings. The van der Waals surface area contributed by atoms with Crippen molar-refractivity contribution >= 4 is 11.8 Å². The molecule has 4 heterocycles. The van der Waals surface area contributed by atoms with Crippen LogP contribution in [0.15, 0.2) is 51.3 Å². The molecule has 0 unspecified atom stereocenters. The lowest BCUT2D eigenvalue weighted by atomic mass is 10.4. The van der Waals surface area contributed by atoms with Crippen molar-refractivity contribution < 1.29 is 8.94 Å². The molecule has 0 aliphatic rings. The molecule has 10 nitrogen and oxygen atoms in total. The van der Waals surface area contributed by atoms with Gasteiger partial charge in [0.15, 0.2) is 0 Å². The van der Waals surface area contributed by atoms with Crippen LogP contribution in [0.4, 0.5) is 0 Å². The summed E-state index contributed by atoms with van der Waals surface area (Å²) in [6.45, 7) is 0. The highest BCUT2D eigenvalue weighted by molar-refractivity contribution is 7.98. The predicted octanol–water partition coefficient (Wildman–Crippen LogP) is 1.66. The maximum absolute atomic E-state index is 5.51. The second-order valence-corrected chi connectivity index (χ2v) is 5.28. The summed E-state index contributed by atoms with van der Waals surface area (Å²) in [5, 5.41) is 12.1. The number of rotatable bonds is 5. The first kappa shape index (κ1) is 14.4. The monoisotopic (exact) mass is 340 g/mol. The molecule has 0 saturated carbocycles. The van der Waals surface area contributed by atoms with Crippen LogP contribution < -0.4 is 0 Å². The van der Waals surface area contributed by atoms with E-state index in [9.17, 15) is 0 Å². The first-order valence-electron chi connectivity index (χ1n) is 6.70. The van der Waals surface area contributed by atoms with Crippen molar-refractivity contribution in [3.8, 4) is 23.1 Å². The highest BCUT2D eigenvalue weighted by Gasteiger charge is 2.14. The smallest absolute Gasteiger partial charge is 0.277 e. The standard InChI is InChI=1S/C13H8N8O2S/c1-3-16-8(5-14-1)11-18-10(23-21-11)7-24-13-20-19-12(22-13)9-6-15-2-4-17-9/h1-6H,7H2. The van der Waals surface area contributed by atoms with Crippen LogP contribution in [-0.2, 0) is 5.75 Å². The molecule has 0 aliphatic heterocycles. The van der Waals surface area contributed by atoms with Crippen LogP contribution >= 0.6 is 11.8 Å². The molecule has 0 bridgehead atoms. The van der Waals surface area contributed by atoms with E-state index < -0.39 is 0 Å². The normalized spacial score (nSPS) is 10.8. The van der Waals surface area contributed by atoms with Crippen molar-refractivity contribution in [1.82, 2.24) is 40.3 Å². The average molecular weight is 340 g/mol. The molecular formula is C13H8N8O2S. The lowest BCUT2D eigenvalue weighted by Gasteiger charge is -1.91. The van der Waals surface area contributed by atoms with E-state index in [2.05, 4.69) is 40.3 Å². The summed E-state index contributed by atoms with van der Waals surface area (Å²) in [5.74, 6) is 1.48. The molecule has 0 N–H and O–H groups in total. The molecule has 0 aromatic carbocycles. The maximum atomic E-state index is 5.51. The van der Waals surface area contributed by atoms with Gasteiger partial charge in [-0.25, -0.2) is 9.97 Å². The molecule has 0 aliphatic carbocycles. The van der Waals surface area contributed by atoms with Crippen molar-refractivity contribution in [3.05, 3.63) is 43.1 Å². The third-order valence-corrected chi connectivity index (χ3v) is 3.57. The molecule has 24 heavy (non-hydrogen) atoms. The van der Waals surface area contributed by atoms with Gasteiger partial charge in [0.05, 0.1) is 18.1 Å². The van der Waals surface area contributed by atoms with E-state index in [0.29, 0.717) is 40.0 Å². The highest BCUT2D eigenvalue weighted by atomic mass is 32.2. The van der Waals surface area contributed by atoms with Gasteiger partial charge in [-0.05, 0) is 0 Å². The lowest BCUT2D eigenvalue weighted by molar-refractivity contribution is 0.390. The first-order chi connectivity index (χ1) is 11.9. The second-order valence-electron chi connectivity index (χ2n) is 4.35. The third-order valence-electron chi connectivity index (χ3n) is 2.77. The fourth-order valence-electron chi connectivity index (χ4n) is 1.74. The van der Waals surface area contributed by atoms with Gasteiger partial charge >= 0.3 is 0 Å². The van der Waals surface area contributed by atoms with Crippen LogP contribution in [0.1, 0.15) is 5.89 Å². The van der Waals surface area contributed by atoms with E-state index >= 15 is 0 Å². The molecule has 0 saturated heterocycles. The molecule has 0 amide bonds. The van der Waals surface area contributed by atoms with Gasteiger partial charge in [0.25, 0.3) is 11.1 Å². The Morgan fingerprint density at radius 1 is 0.917 bits per heavy atom. The molecule has 0 radical (unpaired) electrons. The first-order valence-corrected chi connectivity index (χ1v) is 7.69. The number of aromatic nitrogens is 8. The van der Waals surface area contributed by atoms with Crippen LogP contribution in [0, 0.1) is 0 Å². The minimum Gasteiger partial charge on any atom is -0.410 e. The number of hydrogen-bond donors (Lipinski definition) is 0. The van der Waals surface area contributed by atoms with Crippen molar-refractivity contribution in [1.29, 1.82) is 0 Å². The number of thioether (sulfide) groups is 1. The molecule has 4 aromatic heterocycles. The van der Waals surface area contributed by atoms with Crippen molar-refractivity contribution in [3.63, 3.8) is 0 Å². The SMILES string of the molecule is c1cnc(-c2noc(CSc3nnc(-c4cnccn4)o3)n2)cn1. The number of nitrogens with zero attached hydrogens (tertiary/aromatic N) is 8. The average Bonchev–Trinajstić information content (AvgIpc) is 3.31. The predicted molar refractivity (Wildman–Crippen MR) is 80.2 cm³/mol. The van der Waals surface area contributed by atoms with Crippen molar-refractivity contribution in [2.45, 2.75) is 11.0 Å². The summed E-state index contributed by atoms with van der Waals surface area (Å²) < 4.78 is 10.7. The molecule has 11 heteroatoms.